The minimum atomic E-state index is -0.806. The third kappa shape index (κ3) is 1.55. The Morgan fingerprint density at radius 3 is 2.11 bits per heavy atom. The van der Waals surface area contributed by atoms with Gasteiger partial charge in [-0.2, -0.15) is 0 Å². The quantitative estimate of drug-likeness (QED) is 0.646. The number of H-pyrrole nitrogens is 1. The second-order valence-corrected chi connectivity index (χ2v) is 4.15. The van der Waals surface area contributed by atoms with Crippen molar-refractivity contribution in [3.8, 4) is 11.1 Å². The van der Waals surface area contributed by atoms with E-state index in [1.165, 1.54) is 0 Å². The first-order valence-corrected chi connectivity index (χ1v) is 5.55. The number of nitrogens with one attached hydrogen (secondary N) is 1. The fraction of sp³-hybridized carbons (Fsp3) is 0. The second-order valence-electron chi connectivity index (χ2n) is 4.15. The molecular weight excluding hydrogens is 246 g/mol. The highest BCUT2D eigenvalue weighted by Gasteiger charge is 2.13. The molecule has 0 saturated carbocycles. The van der Waals surface area contributed by atoms with Crippen molar-refractivity contribution in [2.75, 3.05) is 0 Å². The highest BCUT2D eigenvalue weighted by Crippen LogP contribution is 2.12. The molecule has 5 heteroatoms. The number of aromatic amines is 1. The molecule has 1 N–H and O–H groups in total. The molecule has 0 bridgehead atoms. The van der Waals surface area contributed by atoms with E-state index in [9.17, 15) is 19.2 Å². The van der Waals surface area contributed by atoms with Crippen LogP contribution in [-0.2, 0) is 0 Å². The SMILES string of the molecule is O=c1cc(-c2ccccc2)c(=O)c2c(=O)[nH]c(=O)c1=2. The topological polar surface area (TPSA) is 84.1 Å². The molecule has 1 aliphatic carbocycles. The lowest BCUT2D eigenvalue weighted by Gasteiger charge is -1.97. The van der Waals surface area contributed by atoms with E-state index >= 15 is 0 Å². The number of hydrogen-bond donors (Lipinski definition) is 1. The van der Waals surface area contributed by atoms with E-state index in [2.05, 4.69) is 0 Å². The molecule has 2 aliphatic rings. The van der Waals surface area contributed by atoms with E-state index in [1.807, 2.05) is 4.98 Å². The van der Waals surface area contributed by atoms with E-state index in [1.54, 1.807) is 30.3 Å². The standard InChI is InChI=1S/C14H7NO4/c16-9-6-8(7-4-2-1-3-5-7)12(17)11-10(9)13(18)15-14(11)19/h1-6H,(H,15,18,19). The lowest BCUT2D eigenvalue weighted by atomic mass is 10.0. The molecule has 0 amide bonds. The molecule has 3 rings (SSSR count). The Kier molecular flexibility index (Phi) is 2.28. The van der Waals surface area contributed by atoms with Crippen molar-refractivity contribution in [1.29, 1.82) is 0 Å². The molecule has 92 valence electrons. The van der Waals surface area contributed by atoms with E-state index in [4.69, 9.17) is 0 Å². The summed E-state index contributed by atoms with van der Waals surface area (Å²) in [7, 11) is 0. The maximum absolute atomic E-state index is 12.2. The maximum atomic E-state index is 12.2. The molecule has 19 heavy (non-hydrogen) atoms. The van der Waals surface area contributed by atoms with Gasteiger partial charge in [0, 0.05) is 5.56 Å². The van der Waals surface area contributed by atoms with E-state index in [0.29, 0.717) is 5.56 Å². The van der Waals surface area contributed by atoms with Crippen LogP contribution in [0, 0.1) is 10.4 Å². The first-order chi connectivity index (χ1) is 9.09. The highest BCUT2D eigenvalue weighted by molar-refractivity contribution is 5.63. The average Bonchev–Trinajstić information content (AvgIpc) is 2.71. The fourth-order valence-corrected chi connectivity index (χ4v) is 2.14. The minimum absolute atomic E-state index is 0.134. The van der Waals surface area contributed by atoms with Gasteiger partial charge in [0.2, 0.25) is 0 Å². The molecule has 1 aromatic carbocycles. The van der Waals surface area contributed by atoms with Crippen LogP contribution >= 0.6 is 0 Å². The van der Waals surface area contributed by atoms with Crippen molar-refractivity contribution in [2.24, 2.45) is 0 Å². The second kappa shape index (κ2) is 3.84. The van der Waals surface area contributed by atoms with Crippen molar-refractivity contribution < 1.29 is 0 Å². The molecular formula is C14H7NO4. The molecule has 0 aromatic heterocycles. The number of hydrogen-bond acceptors (Lipinski definition) is 4. The molecule has 0 fully saturated rings. The van der Waals surface area contributed by atoms with Crippen LogP contribution in [0.2, 0.25) is 0 Å². The van der Waals surface area contributed by atoms with Gasteiger partial charge in [-0.25, -0.2) is 0 Å². The zero-order valence-electron chi connectivity index (χ0n) is 9.60. The van der Waals surface area contributed by atoms with Crippen molar-refractivity contribution in [3.63, 3.8) is 0 Å². The van der Waals surface area contributed by atoms with Gasteiger partial charge in [-0.05, 0) is 11.6 Å². The van der Waals surface area contributed by atoms with Gasteiger partial charge in [0.25, 0.3) is 11.1 Å². The van der Waals surface area contributed by atoms with Gasteiger partial charge in [-0.1, -0.05) is 30.3 Å². The van der Waals surface area contributed by atoms with Crippen molar-refractivity contribution in [1.82, 2.24) is 4.98 Å². The predicted octanol–water partition coefficient (Wildman–Crippen LogP) is -0.277. The lowest BCUT2D eigenvalue weighted by Crippen LogP contribution is -2.20. The average molecular weight is 253 g/mol. The normalized spacial score (nSPS) is 10.9. The first kappa shape index (κ1) is 11.3. The number of benzene rings is 1. The largest absolute Gasteiger partial charge is 0.289 e. The molecule has 0 radical (unpaired) electrons. The zero-order valence-corrected chi connectivity index (χ0v) is 9.60. The summed E-state index contributed by atoms with van der Waals surface area (Å²) in [5.74, 6) is 0. The molecule has 1 heterocycles. The molecule has 1 aromatic rings. The molecule has 0 atom stereocenters. The molecule has 5 nitrogen and oxygen atoms in total. The monoisotopic (exact) mass is 253 g/mol. The zero-order chi connectivity index (χ0) is 13.6. The summed E-state index contributed by atoms with van der Waals surface area (Å²) in [5.41, 5.74) is -2.14. The maximum Gasteiger partial charge on any atom is 0.263 e. The van der Waals surface area contributed by atoms with Crippen LogP contribution in [0.5, 0.6) is 0 Å². The first-order valence-electron chi connectivity index (χ1n) is 5.55. The van der Waals surface area contributed by atoms with Crippen molar-refractivity contribution >= 4 is 0 Å². The van der Waals surface area contributed by atoms with Crippen LogP contribution in [0.15, 0.2) is 55.6 Å². The summed E-state index contributed by atoms with van der Waals surface area (Å²) in [5, 5.41) is -0.703. The van der Waals surface area contributed by atoms with Gasteiger partial charge in [0.05, 0.1) is 0 Å². The smallest absolute Gasteiger partial charge is 0.263 e. The van der Waals surface area contributed by atoms with Crippen LogP contribution < -0.4 is 22.0 Å². The van der Waals surface area contributed by atoms with Gasteiger partial charge in [0.15, 0.2) is 10.9 Å². The van der Waals surface area contributed by atoms with Gasteiger partial charge >= 0.3 is 0 Å². The third-order valence-electron chi connectivity index (χ3n) is 3.01. The Labute approximate surface area is 105 Å². The van der Waals surface area contributed by atoms with Crippen LogP contribution in [0.25, 0.3) is 11.1 Å². The van der Waals surface area contributed by atoms with Gasteiger partial charge < -0.3 is 0 Å². The Bertz CT molecular complexity index is 1020. The summed E-state index contributed by atoms with van der Waals surface area (Å²) in [6, 6.07) is 9.65. The Morgan fingerprint density at radius 2 is 1.42 bits per heavy atom. The molecule has 0 unspecified atom stereocenters. The molecule has 0 spiro atoms. The Morgan fingerprint density at radius 1 is 0.789 bits per heavy atom. The summed E-state index contributed by atoms with van der Waals surface area (Å²) < 4.78 is 0. The fourth-order valence-electron chi connectivity index (χ4n) is 2.14. The Balaban J connectivity index is 2.61. The predicted molar refractivity (Wildman–Crippen MR) is 69.0 cm³/mol. The summed E-state index contributed by atoms with van der Waals surface area (Å²) in [6.45, 7) is 0. The molecule has 1 aliphatic heterocycles. The minimum Gasteiger partial charge on any atom is -0.289 e. The van der Waals surface area contributed by atoms with Crippen LogP contribution in [0.4, 0.5) is 0 Å². The summed E-state index contributed by atoms with van der Waals surface area (Å²) in [4.78, 5) is 49.0. The number of rotatable bonds is 1. The number of aromatic nitrogens is 1. The van der Waals surface area contributed by atoms with E-state index in [-0.39, 0.29) is 16.0 Å². The lowest BCUT2D eigenvalue weighted by molar-refractivity contribution is 1.22. The summed E-state index contributed by atoms with van der Waals surface area (Å²) in [6.07, 6.45) is 0. The van der Waals surface area contributed by atoms with Crippen LogP contribution in [0.1, 0.15) is 0 Å². The van der Waals surface area contributed by atoms with Crippen molar-refractivity contribution in [2.45, 2.75) is 0 Å². The Hall–Kier alpha value is -2.82. The molecule has 0 saturated heterocycles. The van der Waals surface area contributed by atoms with Gasteiger partial charge in [-0.3, -0.25) is 24.2 Å². The van der Waals surface area contributed by atoms with E-state index in [0.717, 1.165) is 6.07 Å². The van der Waals surface area contributed by atoms with Crippen LogP contribution in [0.3, 0.4) is 0 Å². The third-order valence-corrected chi connectivity index (χ3v) is 3.01. The van der Waals surface area contributed by atoms with E-state index < -0.39 is 22.0 Å². The van der Waals surface area contributed by atoms with Crippen molar-refractivity contribution in [3.05, 3.63) is 88.0 Å². The highest BCUT2D eigenvalue weighted by atomic mass is 16.2. The van der Waals surface area contributed by atoms with Gasteiger partial charge in [-0.15, -0.1) is 0 Å². The van der Waals surface area contributed by atoms with Gasteiger partial charge in [0.1, 0.15) is 10.4 Å². The summed E-state index contributed by atoms with van der Waals surface area (Å²) >= 11 is 0. The van der Waals surface area contributed by atoms with Crippen LogP contribution in [-0.4, -0.2) is 4.98 Å².